The highest BCUT2D eigenvalue weighted by atomic mass is 16.2. The van der Waals surface area contributed by atoms with Crippen LogP contribution in [-0.4, -0.2) is 22.8 Å². The van der Waals surface area contributed by atoms with Gasteiger partial charge in [0.1, 0.15) is 0 Å². The van der Waals surface area contributed by atoms with E-state index in [2.05, 4.69) is 15.6 Å². The van der Waals surface area contributed by atoms with Crippen LogP contribution in [0.2, 0.25) is 0 Å². The van der Waals surface area contributed by atoms with Crippen molar-refractivity contribution >= 4 is 11.8 Å². The molecule has 3 rings (SSSR count). The van der Waals surface area contributed by atoms with Gasteiger partial charge in [0.05, 0.1) is 5.92 Å². The van der Waals surface area contributed by atoms with Gasteiger partial charge >= 0.3 is 0 Å². The Morgan fingerprint density at radius 1 is 1.12 bits per heavy atom. The first-order chi connectivity index (χ1) is 12.1. The highest BCUT2D eigenvalue weighted by Gasteiger charge is 2.34. The van der Waals surface area contributed by atoms with Crippen LogP contribution in [0.15, 0.2) is 48.8 Å². The lowest BCUT2D eigenvalue weighted by Crippen LogP contribution is -2.43. The molecule has 0 spiro atoms. The molecular formula is C20H23N3O2. The van der Waals surface area contributed by atoms with Crippen LogP contribution in [0.25, 0.3) is 0 Å². The van der Waals surface area contributed by atoms with Crippen molar-refractivity contribution in [2.45, 2.75) is 38.8 Å². The summed E-state index contributed by atoms with van der Waals surface area (Å²) in [5, 5.41) is 6.03. The summed E-state index contributed by atoms with van der Waals surface area (Å²) in [7, 11) is 0. The minimum Gasteiger partial charge on any atom is -0.352 e. The van der Waals surface area contributed by atoms with Crippen LogP contribution in [-0.2, 0) is 11.3 Å². The predicted molar refractivity (Wildman–Crippen MR) is 95.9 cm³/mol. The van der Waals surface area contributed by atoms with Crippen molar-refractivity contribution in [3.8, 4) is 0 Å². The lowest BCUT2D eigenvalue weighted by atomic mass is 10.0. The number of hydrogen-bond donors (Lipinski definition) is 2. The molecule has 0 saturated heterocycles. The molecule has 1 heterocycles. The zero-order valence-electron chi connectivity index (χ0n) is 14.4. The van der Waals surface area contributed by atoms with Crippen LogP contribution in [0.1, 0.15) is 40.7 Å². The zero-order valence-corrected chi connectivity index (χ0v) is 14.4. The Kier molecular flexibility index (Phi) is 5.43. The lowest BCUT2D eigenvalue weighted by molar-refractivity contribution is -0.125. The third kappa shape index (κ3) is 4.24. The summed E-state index contributed by atoms with van der Waals surface area (Å²) in [6.07, 6.45) is 5.77. The number of nitrogens with one attached hydrogen (secondary N) is 2. The standard InChI is InChI=1S/C20H23N3O2/c1-14-5-2-3-6-16(14)13-22-20(25)17-7-4-8-18(17)23-19(24)15-9-11-21-12-10-15/h2-3,5-6,9-12,17-18H,4,7-8,13H2,1H3,(H,22,25)(H,23,24)/t17-,18+/m0/s1. The van der Waals surface area contributed by atoms with Crippen LogP contribution in [0.5, 0.6) is 0 Å². The Morgan fingerprint density at radius 2 is 1.88 bits per heavy atom. The topological polar surface area (TPSA) is 71.1 Å². The number of benzene rings is 1. The van der Waals surface area contributed by atoms with E-state index in [0.717, 1.165) is 30.4 Å². The SMILES string of the molecule is Cc1ccccc1CNC(=O)[C@H]1CCC[C@H]1NC(=O)c1ccncc1. The third-order valence-electron chi connectivity index (χ3n) is 4.83. The summed E-state index contributed by atoms with van der Waals surface area (Å²) in [6.45, 7) is 2.56. The van der Waals surface area contributed by atoms with E-state index in [4.69, 9.17) is 0 Å². The summed E-state index contributed by atoms with van der Waals surface area (Å²) in [6, 6.07) is 11.3. The number of pyridine rings is 1. The predicted octanol–water partition coefficient (Wildman–Crippen LogP) is 2.60. The van der Waals surface area contributed by atoms with Crippen molar-refractivity contribution in [1.29, 1.82) is 0 Å². The van der Waals surface area contributed by atoms with Crippen molar-refractivity contribution in [3.05, 3.63) is 65.5 Å². The first-order valence-electron chi connectivity index (χ1n) is 8.68. The molecule has 2 amide bonds. The van der Waals surface area contributed by atoms with Crippen molar-refractivity contribution in [2.24, 2.45) is 5.92 Å². The van der Waals surface area contributed by atoms with E-state index in [0.29, 0.717) is 12.1 Å². The van der Waals surface area contributed by atoms with E-state index < -0.39 is 0 Å². The second-order valence-electron chi connectivity index (χ2n) is 6.50. The summed E-state index contributed by atoms with van der Waals surface area (Å²) in [4.78, 5) is 28.8. The molecule has 5 nitrogen and oxygen atoms in total. The number of aryl methyl sites for hydroxylation is 1. The Balaban J connectivity index is 1.58. The Morgan fingerprint density at radius 3 is 2.64 bits per heavy atom. The second-order valence-corrected chi connectivity index (χ2v) is 6.50. The van der Waals surface area contributed by atoms with Crippen LogP contribution in [0.3, 0.4) is 0 Å². The fourth-order valence-electron chi connectivity index (χ4n) is 3.32. The number of carbonyl (C=O) groups is 2. The third-order valence-corrected chi connectivity index (χ3v) is 4.83. The van der Waals surface area contributed by atoms with E-state index in [1.807, 2.05) is 31.2 Å². The smallest absolute Gasteiger partial charge is 0.251 e. The van der Waals surface area contributed by atoms with Crippen molar-refractivity contribution in [3.63, 3.8) is 0 Å². The number of aromatic nitrogens is 1. The van der Waals surface area contributed by atoms with Crippen LogP contribution in [0.4, 0.5) is 0 Å². The molecule has 2 N–H and O–H groups in total. The first kappa shape index (κ1) is 17.1. The highest BCUT2D eigenvalue weighted by molar-refractivity contribution is 5.94. The molecule has 0 radical (unpaired) electrons. The molecule has 1 saturated carbocycles. The van der Waals surface area contributed by atoms with Gasteiger partial charge in [-0.2, -0.15) is 0 Å². The zero-order chi connectivity index (χ0) is 17.6. The van der Waals surface area contributed by atoms with Gasteiger partial charge in [-0.05, 0) is 43.0 Å². The van der Waals surface area contributed by atoms with E-state index in [-0.39, 0.29) is 23.8 Å². The second kappa shape index (κ2) is 7.92. The molecule has 25 heavy (non-hydrogen) atoms. The Hall–Kier alpha value is -2.69. The van der Waals surface area contributed by atoms with Crippen LogP contribution in [0, 0.1) is 12.8 Å². The van der Waals surface area contributed by atoms with Crippen molar-refractivity contribution in [1.82, 2.24) is 15.6 Å². The van der Waals surface area contributed by atoms with Crippen molar-refractivity contribution < 1.29 is 9.59 Å². The number of nitrogens with zero attached hydrogens (tertiary/aromatic N) is 1. The largest absolute Gasteiger partial charge is 0.352 e. The van der Waals surface area contributed by atoms with E-state index in [9.17, 15) is 9.59 Å². The maximum Gasteiger partial charge on any atom is 0.251 e. The maximum absolute atomic E-state index is 12.6. The lowest BCUT2D eigenvalue weighted by Gasteiger charge is -2.21. The molecule has 0 aliphatic heterocycles. The van der Waals surface area contributed by atoms with Crippen LogP contribution >= 0.6 is 0 Å². The summed E-state index contributed by atoms with van der Waals surface area (Å²) < 4.78 is 0. The molecule has 2 atom stereocenters. The van der Waals surface area contributed by atoms with Gasteiger partial charge in [-0.1, -0.05) is 30.7 Å². The monoisotopic (exact) mass is 337 g/mol. The maximum atomic E-state index is 12.6. The number of rotatable bonds is 5. The molecule has 0 unspecified atom stereocenters. The van der Waals surface area contributed by atoms with Crippen molar-refractivity contribution in [2.75, 3.05) is 0 Å². The summed E-state index contributed by atoms with van der Waals surface area (Å²) in [5.74, 6) is -0.304. The highest BCUT2D eigenvalue weighted by Crippen LogP contribution is 2.26. The molecule has 1 fully saturated rings. The van der Waals surface area contributed by atoms with E-state index in [1.54, 1.807) is 24.5 Å². The fourth-order valence-corrected chi connectivity index (χ4v) is 3.32. The van der Waals surface area contributed by atoms with Crippen LogP contribution < -0.4 is 10.6 Å². The number of amides is 2. The minimum absolute atomic E-state index is 0.0146. The van der Waals surface area contributed by atoms with Gasteiger partial charge in [0, 0.05) is 30.5 Å². The van der Waals surface area contributed by atoms with Gasteiger partial charge in [-0.15, -0.1) is 0 Å². The average molecular weight is 337 g/mol. The van der Waals surface area contributed by atoms with E-state index in [1.165, 1.54) is 0 Å². The molecule has 130 valence electrons. The van der Waals surface area contributed by atoms with Gasteiger partial charge in [0.25, 0.3) is 5.91 Å². The average Bonchev–Trinajstić information content (AvgIpc) is 3.09. The minimum atomic E-state index is -0.171. The quantitative estimate of drug-likeness (QED) is 0.881. The summed E-state index contributed by atoms with van der Waals surface area (Å²) in [5.41, 5.74) is 2.85. The van der Waals surface area contributed by atoms with Gasteiger partial charge in [-0.3, -0.25) is 14.6 Å². The molecule has 0 bridgehead atoms. The molecule has 1 aromatic heterocycles. The number of carbonyl (C=O) groups excluding carboxylic acids is 2. The fraction of sp³-hybridized carbons (Fsp3) is 0.350. The molecule has 2 aromatic rings. The molecule has 5 heteroatoms. The summed E-state index contributed by atoms with van der Waals surface area (Å²) >= 11 is 0. The van der Waals surface area contributed by atoms with E-state index >= 15 is 0 Å². The molecule has 1 aliphatic rings. The molecular weight excluding hydrogens is 314 g/mol. The normalized spacial score (nSPS) is 19.4. The molecule has 1 aliphatic carbocycles. The first-order valence-corrected chi connectivity index (χ1v) is 8.68. The number of hydrogen-bond acceptors (Lipinski definition) is 3. The Labute approximate surface area is 147 Å². The van der Waals surface area contributed by atoms with Gasteiger partial charge in [-0.25, -0.2) is 0 Å². The molecule has 1 aromatic carbocycles. The van der Waals surface area contributed by atoms with Gasteiger partial charge < -0.3 is 10.6 Å². The van der Waals surface area contributed by atoms with Gasteiger partial charge in [0.2, 0.25) is 5.91 Å². The Bertz CT molecular complexity index is 746. The van der Waals surface area contributed by atoms with Gasteiger partial charge in [0.15, 0.2) is 0 Å².